The maximum absolute atomic E-state index is 11.0. The lowest BCUT2D eigenvalue weighted by molar-refractivity contribution is 0.0696. The van der Waals surface area contributed by atoms with Crippen LogP contribution in [0.1, 0.15) is 15.9 Å². The van der Waals surface area contributed by atoms with Crippen LogP contribution in [0.25, 0.3) is 11.4 Å². The molecular weight excluding hydrogens is 204 g/mol. The maximum atomic E-state index is 11.0. The van der Waals surface area contributed by atoms with E-state index in [9.17, 15) is 4.79 Å². The van der Waals surface area contributed by atoms with Crippen molar-refractivity contribution in [2.24, 2.45) is 7.05 Å². The largest absolute Gasteiger partial charge is 0.478 e. The molecule has 4 heteroatoms. The molecule has 0 unspecified atom stereocenters. The summed E-state index contributed by atoms with van der Waals surface area (Å²) in [6, 6.07) is 5.22. The third kappa shape index (κ3) is 1.58. The molecule has 2 aromatic rings. The first kappa shape index (κ1) is 10.4. The van der Waals surface area contributed by atoms with E-state index in [0.29, 0.717) is 5.56 Å². The van der Waals surface area contributed by atoms with Crippen molar-refractivity contribution in [1.82, 2.24) is 9.55 Å². The number of carboxylic acids is 1. The number of nitrogens with zero attached hydrogens (tertiary/aromatic N) is 2. The summed E-state index contributed by atoms with van der Waals surface area (Å²) in [5.74, 6) is -0.130. The summed E-state index contributed by atoms with van der Waals surface area (Å²) in [4.78, 5) is 15.2. The van der Waals surface area contributed by atoms with Crippen molar-refractivity contribution in [3.63, 3.8) is 0 Å². The molecule has 4 nitrogen and oxygen atoms in total. The summed E-state index contributed by atoms with van der Waals surface area (Å²) in [7, 11) is 1.88. The van der Waals surface area contributed by atoms with Crippen LogP contribution in [0.3, 0.4) is 0 Å². The van der Waals surface area contributed by atoms with Crippen LogP contribution < -0.4 is 0 Å². The Kier molecular flexibility index (Phi) is 2.48. The van der Waals surface area contributed by atoms with Crippen LogP contribution >= 0.6 is 0 Å². The second-order valence-electron chi connectivity index (χ2n) is 3.65. The number of aryl methyl sites for hydroxylation is 1. The van der Waals surface area contributed by atoms with Gasteiger partial charge >= 0.3 is 5.97 Å². The Morgan fingerprint density at radius 3 is 2.75 bits per heavy atom. The zero-order chi connectivity index (χ0) is 11.7. The van der Waals surface area contributed by atoms with Gasteiger partial charge in [0.1, 0.15) is 5.82 Å². The second kappa shape index (κ2) is 3.81. The number of aromatic nitrogens is 2. The Labute approximate surface area is 93.2 Å². The van der Waals surface area contributed by atoms with Crippen molar-refractivity contribution < 1.29 is 9.90 Å². The predicted molar refractivity (Wildman–Crippen MR) is 60.3 cm³/mol. The predicted octanol–water partition coefficient (Wildman–Crippen LogP) is 2.09. The van der Waals surface area contributed by atoms with E-state index in [1.54, 1.807) is 25.3 Å². The Morgan fingerprint density at radius 2 is 2.19 bits per heavy atom. The lowest BCUT2D eigenvalue weighted by Gasteiger charge is -2.08. The van der Waals surface area contributed by atoms with Crippen LogP contribution in [-0.2, 0) is 7.05 Å². The monoisotopic (exact) mass is 216 g/mol. The number of carbonyl (C=O) groups is 1. The van der Waals surface area contributed by atoms with E-state index >= 15 is 0 Å². The normalized spacial score (nSPS) is 10.4. The van der Waals surface area contributed by atoms with Gasteiger partial charge in [-0.25, -0.2) is 9.78 Å². The summed E-state index contributed by atoms with van der Waals surface area (Å²) in [6.07, 6.45) is 3.53. The van der Waals surface area contributed by atoms with E-state index in [1.807, 2.05) is 23.9 Å². The van der Waals surface area contributed by atoms with Crippen molar-refractivity contribution in [3.8, 4) is 11.4 Å². The van der Waals surface area contributed by atoms with Crippen molar-refractivity contribution in [2.75, 3.05) is 0 Å². The van der Waals surface area contributed by atoms with Gasteiger partial charge in [-0.3, -0.25) is 0 Å². The molecule has 0 spiro atoms. The molecule has 1 N–H and O–H groups in total. The number of hydrogen-bond donors (Lipinski definition) is 1. The van der Waals surface area contributed by atoms with Gasteiger partial charge in [-0.05, 0) is 18.6 Å². The second-order valence-corrected chi connectivity index (χ2v) is 3.65. The lowest BCUT2D eigenvalue weighted by Crippen LogP contribution is -2.02. The molecule has 1 heterocycles. The molecule has 0 fully saturated rings. The summed E-state index contributed by atoms with van der Waals surface area (Å²) in [5, 5.41) is 9.03. The van der Waals surface area contributed by atoms with Crippen LogP contribution in [0.5, 0.6) is 0 Å². The first-order valence-electron chi connectivity index (χ1n) is 4.92. The minimum Gasteiger partial charge on any atom is -0.478 e. The van der Waals surface area contributed by atoms with E-state index < -0.39 is 5.97 Å². The molecule has 0 saturated heterocycles. The maximum Gasteiger partial charge on any atom is 0.335 e. The number of aromatic carboxylic acids is 1. The van der Waals surface area contributed by atoms with Gasteiger partial charge in [-0.2, -0.15) is 0 Å². The fourth-order valence-electron chi connectivity index (χ4n) is 1.73. The highest BCUT2D eigenvalue weighted by Gasteiger charge is 2.13. The molecule has 1 aromatic carbocycles. The molecule has 82 valence electrons. The molecule has 0 amide bonds. The Balaban J connectivity index is 2.63. The van der Waals surface area contributed by atoms with E-state index in [2.05, 4.69) is 4.98 Å². The van der Waals surface area contributed by atoms with Gasteiger partial charge in [0.05, 0.1) is 5.56 Å². The smallest absolute Gasteiger partial charge is 0.335 e. The average molecular weight is 216 g/mol. The fourth-order valence-corrected chi connectivity index (χ4v) is 1.73. The van der Waals surface area contributed by atoms with E-state index in [-0.39, 0.29) is 0 Å². The Hall–Kier alpha value is -2.10. The van der Waals surface area contributed by atoms with Crippen molar-refractivity contribution in [2.45, 2.75) is 6.92 Å². The van der Waals surface area contributed by atoms with Crippen LogP contribution in [0.15, 0.2) is 30.6 Å². The SMILES string of the molecule is Cc1c(C(=O)O)cccc1-c1nccn1C. The zero-order valence-electron chi connectivity index (χ0n) is 9.14. The van der Waals surface area contributed by atoms with Crippen molar-refractivity contribution in [1.29, 1.82) is 0 Å². The molecule has 0 atom stereocenters. The Morgan fingerprint density at radius 1 is 1.44 bits per heavy atom. The summed E-state index contributed by atoms with van der Waals surface area (Å²) in [6.45, 7) is 1.80. The molecular formula is C12H12N2O2. The highest BCUT2D eigenvalue weighted by Crippen LogP contribution is 2.23. The number of carboxylic acid groups (broad SMARTS) is 1. The third-order valence-electron chi connectivity index (χ3n) is 2.63. The van der Waals surface area contributed by atoms with Crippen molar-refractivity contribution in [3.05, 3.63) is 41.7 Å². The standard InChI is InChI=1S/C12H12N2O2/c1-8-9(11-13-6-7-14(11)2)4-3-5-10(8)12(15)16/h3-7H,1-2H3,(H,15,16). The Bertz CT molecular complexity index is 544. The molecule has 0 aliphatic carbocycles. The molecule has 0 bridgehead atoms. The molecule has 0 radical (unpaired) electrons. The minimum absolute atomic E-state index is 0.320. The zero-order valence-corrected chi connectivity index (χ0v) is 9.14. The molecule has 0 aliphatic heterocycles. The number of benzene rings is 1. The van der Waals surface area contributed by atoms with Crippen LogP contribution in [0.4, 0.5) is 0 Å². The topological polar surface area (TPSA) is 55.1 Å². The van der Waals surface area contributed by atoms with Gasteiger partial charge in [0.25, 0.3) is 0 Å². The first-order chi connectivity index (χ1) is 7.61. The molecule has 16 heavy (non-hydrogen) atoms. The summed E-state index contributed by atoms with van der Waals surface area (Å²) < 4.78 is 1.87. The van der Waals surface area contributed by atoms with Gasteiger partial charge in [0.2, 0.25) is 0 Å². The third-order valence-corrected chi connectivity index (χ3v) is 2.63. The number of hydrogen-bond acceptors (Lipinski definition) is 2. The fraction of sp³-hybridized carbons (Fsp3) is 0.167. The summed E-state index contributed by atoms with van der Waals surface area (Å²) in [5.41, 5.74) is 1.91. The van der Waals surface area contributed by atoms with Gasteiger partial charge in [0.15, 0.2) is 0 Å². The van der Waals surface area contributed by atoms with E-state index in [4.69, 9.17) is 5.11 Å². The number of rotatable bonds is 2. The first-order valence-corrected chi connectivity index (χ1v) is 4.92. The average Bonchev–Trinajstić information content (AvgIpc) is 2.64. The number of imidazole rings is 1. The highest BCUT2D eigenvalue weighted by atomic mass is 16.4. The van der Waals surface area contributed by atoms with Crippen LogP contribution in [-0.4, -0.2) is 20.6 Å². The van der Waals surface area contributed by atoms with Gasteiger partial charge in [0, 0.05) is 25.0 Å². The molecule has 0 saturated carbocycles. The van der Waals surface area contributed by atoms with E-state index in [1.165, 1.54) is 0 Å². The van der Waals surface area contributed by atoms with Gasteiger partial charge < -0.3 is 9.67 Å². The summed E-state index contributed by atoms with van der Waals surface area (Å²) >= 11 is 0. The molecule has 2 rings (SSSR count). The minimum atomic E-state index is -0.909. The lowest BCUT2D eigenvalue weighted by atomic mass is 10.0. The van der Waals surface area contributed by atoms with Gasteiger partial charge in [-0.15, -0.1) is 0 Å². The molecule has 1 aromatic heterocycles. The van der Waals surface area contributed by atoms with Crippen molar-refractivity contribution >= 4 is 5.97 Å². The van der Waals surface area contributed by atoms with Crippen LogP contribution in [0, 0.1) is 6.92 Å². The van der Waals surface area contributed by atoms with E-state index in [0.717, 1.165) is 17.0 Å². The van der Waals surface area contributed by atoms with Gasteiger partial charge in [-0.1, -0.05) is 12.1 Å². The highest BCUT2D eigenvalue weighted by molar-refractivity contribution is 5.91. The van der Waals surface area contributed by atoms with Crippen LogP contribution in [0.2, 0.25) is 0 Å². The molecule has 0 aliphatic rings. The quantitative estimate of drug-likeness (QED) is 0.836.